The summed E-state index contributed by atoms with van der Waals surface area (Å²) in [5, 5.41) is 9.86. The lowest BCUT2D eigenvalue weighted by molar-refractivity contribution is -0.140. The molecule has 0 saturated heterocycles. The van der Waals surface area contributed by atoms with Crippen molar-refractivity contribution in [2.75, 3.05) is 19.8 Å². The number of phenols is 1. The molecule has 0 aromatic heterocycles. The van der Waals surface area contributed by atoms with Crippen LogP contribution in [-0.4, -0.2) is 48.3 Å². The van der Waals surface area contributed by atoms with Crippen LogP contribution in [0.1, 0.15) is 25.3 Å². The van der Waals surface area contributed by atoms with Gasteiger partial charge in [0.15, 0.2) is 17.4 Å². The molecule has 0 saturated carbocycles. The number of carbonyl (C=O) groups is 1. The van der Waals surface area contributed by atoms with Gasteiger partial charge >= 0.3 is 5.97 Å². The Bertz CT molecular complexity index is 619. The summed E-state index contributed by atoms with van der Waals surface area (Å²) in [6, 6.07) is 9.74. The minimum atomic E-state index is -1.67. The first-order valence-corrected chi connectivity index (χ1v) is 15.6. The summed E-state index contributed by atoms with van der Waals surface area (Å²) < 4.78 is 17.0. The number of hydrogen-bond donors (Lipinski definition) is 1. The number of aryl methyl sites for hydroxylation is 1. The molecule has 1 atom stereocenters. The van der Waals surface area contributed by atoms with E-state index in [1.54, 1.807) is 13.0 Å². The van der Waals surface area contributed by atoms with E-state index in [9.17, 15) is 9.90 Å². The van der Waals surface area contributed by atoms with E-state index >= 15 is 0 Å². The van der Waals surface area contributed by atoms with E-state index < -0.39 is 17.4 Å². The van der Waals surface area contributed by atoms with E-state index in [0.29, 0.717) is 24.5 Å². The predicted octanol–water partition coefficient (Wildman–Crippen LogP) is 4.43. The predicted molar refractivity (Wildman–Crippen MR) is 119 cm³/mol. The second-order valence-electron chi connectivity index (χ2n) is 7.84. The Morgan fingerprint density at radius 3 is 2.57 bits per heavy atom. The molecular formula is C21H36O5Si2. The average Bonchev–Trinajstić information content (AvgIpc) is 2.61. The maximum atomic E-state index is 11.2. The van der Waals surface area contributed by atoms with Gasteiger partial charge in [0.25, 0.3) is 0 Å². The van der Waals surface area contributed by atoms with E-state index in [0.717, 1.165) is 36.9 Å². The zero-order chi connectivity index (χ0) is 21.0. The van der Waals surface area contributed by atoms with Crippen molar-refractivity contribution in [2.45, 2.75) is 57.9 Å². The van der Waals surface area contributed by atoms with E-state index in [2.05, 4.69) is 26.2 Å². The number of hydrogen-bond acceptors (Lipinski definition) is 5. The van der Waals surface area contributed by atoms with E-state index in [-0.39, 0.29) is 12.6 Å². The highest BCUT2D eigenvalue weighted by Crippen LogP contribution is 2.22. The lowest BCUT2D eigenvalue weighted by Crippen LogP contribution is -2.36. The van der Waals surface area contributed by atoms with Crippen LogP contribution in [-0.2, 0) is 24.8 Å². The van der Waals surface area contributed by atoms with Crippen LogP contribution in [0.4, 0.5) is 0 Å². The third-order valence-electron chi connectivity index (χ3n) is 4.45. The van der Waals surface area contributed by atoms with Crippen LogP contribution in [0.25, 0.3) is 0 Å². The van der Waals surface area contributed by atoms with Crippen LogP contribution in [0.2, 0.25) is 31.7 Å². The fraction of sp³-hybridized carbons (Fsp3) is 0.571. The topological polar surface area (TPSA) is 65.0 Å². The summed E-state index contributed by atoms with van der Waals surface area (Å²) in [7, 11) is -2.88. The third kappa shape index (κ3) is 10.8. The minimum absolute atomic E-state index is 0.270. The molecule has 1 N–H and O–H groups in total. The summed E-state index contributed by atoms with van der Waals surface area (Å²) in [6.45, 7) is 13.4. The van der Waals surface area contributed by atoms with Crippen molar-refractivity contribution in [3.05, 3.63) is 42.0 Å². The minimum Gasteiger partial charge on any atom is -0.508 e. The molecule has 0 bridgehead atoms. The Balaban J connectivity index is 2.12. The summed E-state index contributed by atoms with van der Waals surface area (Å²) >= 11 is 0. The van der Waals surface area contributed by atoms with Crippen molar-refractivity contribution in [2.24, 2.45) is 0 Å². The first kappa shape index (κ1) is 24.6. The molecule has 0 heterocycles. The number of para-hydroxylation sites is 1. The van der Waals surface area contributed by atoms with Crippen LogP contribution in [0.5, 0.6) is 5.75 Å². The van der Waals surface area contributed by atoms with Gasteiger partial charge in [-0.2, -0.15) is 0 Å². The SMILES string of the molecule is C=C(C)C(=O)OCCOCCC[SiH](C)O[Si](C)(C)CCCc1ccccc1O. The maximum absolute atomic E-state index is 11.2. The van der Waals surface area contributed by atoms with Gasteiger partial charge in [0, 0.05) is 12.2 Å². The lowest BCUT2D eigenvalue weighted by atomic mass is 10.1. The smallest absolute Gasteiger partial charge is 0.333 e. The van der Waals surface area contributed by atoms with E-state index in [1.165, 1.54) is 0 Å². The Hall–Kier alpha value is -1.42. The molecule has 0 fully saturated rings. The van der Waals surface area contributed by atoms with Gasteiger partial charge in [0.1, 0.15) is 12.4 Å². The van der Waals surface area contributed by atoms with Gasteiger partial charge < -0.3 is 18.7 Å². The molecule has 1 unspecified atom stereocenters. The average molecular weight is 425 g/mol. The molecule has 1 aromatic carbocycles. The van der Waals surface area contributed by atoms with Crippen LogP contribution in [0.15, 0.2) is 36.4 Å². The number of benzene rings is 1. The highest BCUT2D eigenvalue weighted by atomic mass is 28.4. The van der Waals surface area contributed by atoms with Crippen LogP contribution in [0.3, 0.4) is 0 Å². The second-order valence-corrected chi connectivity index (χ2v) is 15.0. The zero-order valence-corrected chi connectivity index (χ0v) is 20.0. The molecule has 0 aliphatic rings. The van der Waals surface area contributed by atoms with Gasteiger partial charge in [-0.05, 0) is 69.5 Å². The lowest BCUT2D eigenvalue weighted by Gasteiger charge is -2.27. The van der Waals surface area contributed by atoms with Crippen LogP contribution in [0, 0.1) is 0 Å². The van der Waals surface area contributed by atoms with Gasteiger partial charge in [-0.25, -0.2) is 4.79 Å². The standard InChI is InChI=1S/C21H36O5Si2/c1-18(2)21(23)25-15-14-24-13-9-16-27(3)26-28(4,5)17-8-11-19-10-6-7-12-20(19)22/h6-7,10,12,22,27H,1,8-9,11,13-17H2,2-5H3. The number of ether oxygens (including phenoxy) is 2. The van der Waals surface area contributed by atoms with E-state index in [1.807, 2.05) is 18.2 Å². The van der Waals surface area contributed by atoms with Crippen molar-refractivity contribution in [3.63, 3.8) is 0 Å². The molecular weight excluding hydrogens is 388 g/mol. The third-order valence-corrected chi connectivity index (χ3v) is 11.4. The molecule has 0 spiro atoms. The summed E-state index contributed by atoms with van der Waals surface area (Å²) in [5.41, 5.74) is 1.42. The van der Waals surface area contributed by atoms with Crippen molar-refractivity contribution >= 4 is 23.3 Å². The van der Waals surface area contributed by atoms with Gasteiger partial charge in [0.2, 0.25) is 0 Å². The summed E-state index contributed by atoms with van der Waals surface area (Å²) in [5.74, 6) is 0.0210. The maximum Gasteiger partial charge on any atom is 0.333 e. The molecule has 158 valence electrons. The molecule has 0 aliphatic carbocycles. The number of carbonyl (C=O) groups excluding carboxylic acids is 1. The summed E-state index contributed by atoms with van der Waals surface area (Å²) in [6.07, 6.45) is 2.92. The fourth-order valence-corrected chi connectivity index (χ4v) is 10.1. The second kappa shape index (κ2) is 12.9. The van der Waals surface area contributed by atoms with Crippen molar-refractivity contribution in [1.29, 1.82) is 0 Å². The molecule has 1 aromatic rings. The zero-order valence-electron chi connectivity index (χ0n) is 17.8. The van der Waals surface area contributed by atoms with Crippen LogP contribution >= 0.6 is 0 Å². The largest absolute Gasteiger partial charge is 0.508 e. The Labute approximate surface area is 172 Å². The normalized spacial score (nSPS) is 12.6. The first-order valence-electron chi connectivity index (χ1n) is 10.1. The molecule has 7 heteroatoms. The Morgan fingerprint density at radius 2 is 1.89 bits per heavy atom. The summed E-state index contributed by atoms with van der Waals surface area (Å²) in [4.78, 5) is 11.2. The number of esters is 1. The molecule has 5 nitrogen and oxygen atoms in total. The molecule has 0 aliphatic heterocycles. The fourth-order valence-electron chi connectivity index (χ4n) is 2.98. The Kier molecular flexibility index (Phi) is 11.4. The van der Waals surface area contributed by atoms with Gasteiger partial charge in [-0.3, -0.25) is 0 Å². The molecule has 1 rings (SSSR count). The highest BCUT2D eigenvalue weighted by Gasteiger charge is 2.24. The number of aromatic hydroxyl groups is 1. The van der Waals surface area contributed by atoms with Crippen molar-refractivity contribution in [1.82, 2.24) is 0 Å². The molecule has 0 amide bonds. The van der Waals surface area contributed by atoms with Crippen LogP contribution < -0.4 is 0 Å². The van der Waals surface area contributed by atoms with E-state index in [4.69, 9.17) is 13.6 Å². The first-order chi connectivity index (χ1) is 13.2. The quantitative estimate of drug-likeness (QED) is 0.207. The number of phenolic OH excluding ortho intramolecular Hbond substituents is 1. The van der Waals surface area contributed by atoms with Gasteiger partial charge in [0.05, 0.1) is 6.61 Å². The van der Waals surface area contributed by atoms with Gasteiger partial charge in [-0.15, -0.1) is 0 Å². The monoisotopic (exact) mass is 424 g/mol. The Morgan fingerprint density at radius 1 is 1.18 bits per heavy atom. The number of rotatable bonds is 14. The highest BCUT2D eigenvalue weighted by molar-refractivity contribution is 6.78. The van der Waals surface area contributed by atoms with Crippen molar-refractivity contribution < 1.29 is 23.5 Å². The van der Waals surface area contributed by atoms with Gasteiger partial charge in [-0.1, -0.05) is 24.8 Å². The molecule has 28 heavy (non-hydrogen) atoms. The molecule has 0 radical (unpaired) electrons. The van der Waals surface area contributed by atoms with Crippen molar-refractivity contribution in [3.8, 4) is 5.75 Å².